The molecule has 1 rings (SSSR count). The summed E-state index contributed by atoms with van der Waals surface area (Å²) in [6, 6.07) is 0. The van der Waals surface area contributed by atoms with Crippen molar-refractivity contribution in [1.29, 1.82) is 0 Å². The van der Waals surface area contributed by atoms with Gasteiger partial charge in [0.15, 0.2) is 0 Å². The average Bonchev–Trinajstić information content (AvgIpc) is 1.85. The van der Waals surface area contributed by atoms with Gasteiger partial charge in [-0.1, -0.05) is 5.10 Å². The number of hydrazone groups is 1. The van der Waals surface area contributed by atoms with Crippen LogP contribution in [0.4, 0.5) is 0 Å². The molecule has 1 aliphatic rings. The summed E-state index contributed by atoms with van der Waals surface area (Å²) in [5, 5.41) is 6.06. The molecule has 1 aliphatic heterocycles. The zero-order valence-electron chi connectivity index (χ0n) is 5.35. The van der Waals surface area contributed by atoms with Gasteiger partial charge in [0.2, 0.25) is 5.84 Å². The molecular weight excluding hydrogens is 186 g/mol. The second-order valence-corrected chi connectivity index (χ2v) is 1.77. The van der Waals surface area contributed by atoms with E-state index in [0.717, 1.165) is 10.8 Å². The van der Waals surface area contributed by atoms with E-state index in [1.807, 2.05) is 14.0 Å². The number of quaternary nitrogens is 1. The summed E-state index contributed by atoms with van der Waals surface area (Å²) in [7, 11) is 1.92. The normalized spacial score (nSPS) is 25.4. The van der Waals surface area contributed by atoms with Crippen LogP contribution in [0.5, 0.6) is 0 Å². The number of amidine groups is 1. The predicted octanol–water partition coefficient (Wildman–Crippen LogP) is -5.55. The Kier molecular flexibility index (Phi) is 3.06. The third-order valence-corrected chi connectivity index (χ3v) is 1.08. The van der Waals surface area contributed by atoms with Crippen molar-refractivity contribution in [3.8, 4) is 0 Å². The molecule has 0 aromatic heterocycles. The Hall–Kier alpha value is -0.170. The summed E-state index contributed by atoms with van der Waals surface area (Å²) in [4.78, 5) is 0. The number of nitrogens with zero attached hydrogens (tertiary/aromatic N) is 2. The van der Waals surface area contributed by atoms with E-state index in [-0.39, 0.29) is 17.0 Å². The molecule has 0 aromatic rings. The highest BCUT2D eigenvalue weighted by molar-refractivity contribution is 5.70. The molecule has 4 N–H and O–H groups in total. The van der Waals surface area contributed by atoms with Gasteiger partial charge in [0.25, 0.3) is 0 Å². The van der Waals surface area contributed by atoms with E-state index in [9.17, 15) is 0 Å². The van der Waals surface area contributed by atoms with Crippen LogP contribution in [0, 0.1) is 0 Å². The molecule has 5 nitrogen and oxygen atoms in total. The van der Waals surface area contributed by atoms with Gasteiger partial charge in [-0.2, -0.15) is 5.01 Å². The first-order valence-electron chi connectivity index (χ1n) is 2.41. The maximum absolute atomic E-state index is 5.23. The molecule has 0 saturated heterocycles. The monoisotopic (exact) mass is 195 g/mol. The quantitative estimate of drug-likeness (QED) is 0.339. The van der Waals surface area contributed by atoms with Crippen LogP contribution in [0.25, 0.3) is 0 Å². The topological polar surface area (TPSA) is 58.1 Å². The number of hydrogen-bond acceptors (Lipinski definition) is 4. The molecule has 1 unspecified atom stereocenters. The van der Waals surface area contributed by atoms with E-state index < -0.39 is 0 Å². The van der Waals surface area contributed by atoms with Gasteiger partial charge >= 0.3 is 0 Å². The highest BCUT2D eigenvalue weighted by Crippen LogP contribution is 1.72. The molecule has 0 bridgehead atoms. The largest absolute Gasteiger partial charge is 1.00 e. The van der Waals surface area contributed by atoms with Crippen molar-refractivity contribution in [1.82, 2.24) is 10.8 Å². The summed E-state index contributed by atoms with van der Waals surface area (Å²) in [6.07, 6.45) is 0. The van der Waals surface area contributed by atoms with Crippen molar-refractivity contribution >= 4 is 5.84 Å². The molecule has 0 aliphatic carbocycles. The fraction of sp³-hybridized carbons (Fsp3) is 0.667. The average molecular weight is 196 g/mol. The summed E-state index contributed by atoms with van der Waals surface area (Å²) in [6.45, 7) is 1.90. The van der Waals surface area contributed by atoms with Crippen LogP contribution in [-0.4, -0.2) is 18.1 Å². The fourth-order valence-corrected chi connectivity index (χ4v) is 0.514. The van der Waals surface area contributed by atoms with E-state index in [2.05, 4.69) is 10.6 Å². The van der Waals surface area contributed by atoms with Gasteiger partial charge in [-0.25, -0.2) is 5.84 Å². The van der Waals surface area contributed by atoms with Crippen LogP contribution in [0.3, 0.4) is 0 Å². The first kappa shape index (κ1) is 8.83. The molecule has 54 valence electrons. The molecule has 0 spiro atoms. The number of hydrazine groups is 2. The molecule has 1 atom stereocenters. The number of nitrogens with two attached hydrogens (primary N) is 1. The van der Waals surface area contributed by atoms with Crippen molar-refractivity contribution < 1.29 is 22.0 Å². The van der Waals surface area contributed by atoms with Gasteiger partial charge in [0.1, 0.15) is 0 Å². The number of halogens is 1. The number of nitrogens with one attached hydrogen (secondary N) is 2. The maximum atomic E-state index is 5.23. The first-order chi connectivity index (χ1) is 3.70. The van der Waals surface area contributed by atoms with E-state index in [1.165, 1.54) is 5.23 Å². The third kappa shape index (κ3) is 1.90. The maximum Gasteiger partial charge on any atom is 0.239 e. The van der Waals surface area contributed by atoms with Crippen LogP contribution in [0.1, 0.15) is 6.92 Å². The minimum absolute atomic E-state index is 0. The Labute approximate surface area is 64.2 Å². The third-order valence-electron chi connectivity index (χ3n) is 1.08. The standard InChI is InChI=1S/C3H9N5.BrH/c1-3-5-8(4)6-7(3)2;/h6H,4H2,1-2H3;1H. The van der Waals surface area contributed by atoms with Crippen molar-refractivity contribution in [3.63, 3.8) is 0 Å². The second-order valence-electron chi connectivity index (χ2n) is 1.77. The van der Waals surface area contributed by atoms with E-state index >= 15 is 0 Å². The molecule has 0 amide bonds. The summed E-state index contributed by atoms with van der Waals surface area (Å²) in [5.74, 6) is 6.17. The second kappa shape index (κ2) is 3.11. The Morgan fingerprint density at radius 3 is 2.44 bits per heavy atom. The SMILES string of the molecule is CC1=NN(N)N[NH+]1C.[Br-]. The summed E-state index contributed by atoms with van der Waals surface area (Å²) >= 11 is 0. The smallest absolute Gasteiger partial charge is 0.239 e. The zero-order valence-corrected chi connectivity index (χ0v) is 6.94. The highest BCUT2D eigenvalue weighted by atomic mass is 79.9. The van der Waals surface area contributed by atoms with Crippen LogP contribution >= 0.6 is 0 Å². The van der Waals surface area contributed by atoms with Crippen LogP contribution in [-0.2, 0) is 0 Å². The lowest BCUT2D eigenvalue weighted by Gasteiger charge is -2.04. The lowest BCUT2D eigenvalue weighted by atomic mass is 10.7. The molecule has 6 heteroatoms. The number of rotatable bonds is 0. The molecule has 0 saturated carbocycles. The molecule has 1 heterocycles. The van der Waals surface area contributed by atoms with Gasteiger partial charge in [-0.15, -0.1) is 5.23 Å². The fourth-order valence-electron chi connectivity index (χ4n) is 0.514. The Balaban J connectivity index is 0.000000640. The predicted molar refractivity (Wildman–Crippen MR) is 29.2 cm³/mol. The lowest BCUT2D eigenvalue weighted by molar-refractivity contribution is -0.844. The molecular formula is C3H10BrN5. The van der Waals surface area contributed by atoms with Gasteiger partial charge in [-0.05, 0) is 5.53 Å². The Bertz CT molecular complexity index is 123. The molecule has 0 aromatic carbocycles. The van der Waals surface area contributed by atoms with E-state index in [1.54, 1.807) is 0 Å². The van der Waals surface area contributed by atoms with Crippen LogP contribution in [0.2, 0.25) is 0 Å². The lowest BCUT2D eigenvalue weighted by Crippen LogP contribution is -3.17. The summed E-state index contributed by atoms with van der Waals surface area (Å²) < 4.78 is 0. The Morgan fingerprint density at radius 2 is 2.33 bits per heavy atom. The number of hydrogen-bond donors (Lipinski definition) is 3. The molecule has 9 heavy (non-hydrogen) atoms. The first-order valence-corrected chi connectivity index (χ1v) is 2.41. The molecule has 0 radical (unpaired) electrons. The van der Waals surface area contributed by atoms with E-state index in [0.29, 0.717) is 0 Å². The minimum Gasteiger partial charge on any atom is -1.00 e. The van der Waals surface area contributed by atoms with Crippen molar-refractivity contribution in [2.45, 2.75) is 6.92 Å². The van der Waals surface area contributed by atoms with Crippen molar-refractivity contribution in [3.05, 3.63) is 0 Å². The van der Waals surface area contributed by atoms with Crippen molar-refractivity contribution in [2.75, 3.05) is 7.05 Å². The van der Waals surface area contributed by atoms with Gasteiger partial charge in [0.05, 0.1) is 7.05 Å². The summed E-state index contributed by atoms with van der Waals surface area (Å²) in [5.41, 5.74) is 2.79. The zero-order chi connectivity index (χ0) is 6.15. The van der Waals surface area contributed by atoms with Gasteiger partial charge in [-0.3, -0.25) is 0 Å². The van der Waals surface area contributed by atoms with Crippen molar-refractivity contribution in [2.24, 2.45) is 10.9 Å². The molecule has 0 fully saturated rings. The Morgan fingerprint density at radius 1 is 1.78 bits per heavy atom. The van der Waals surface area contributed by atoms with Crippen LogP contribution in [0.15, 0.2) is 5.10 Å². The van der Waals surface area contributed by atoms with Gasteiger partial charge in [0, 0.05) is 6.92 Å². The van der Waals surface area contributed by atoms with Crippen LogP contribution < -0.4 is 33.4 Å². The van der Waals surface area contributed by atoms with Gasteiger partial charge < -0.3 is 17.0 Å². The minimum atomic E-state index is 0. The highest BCUT2D eigenvalue weighted by Gasteiger charge is 2.16. The van der Waals surface area contributed by atoms with E-state index in [4.69, 9.17) is 5.84 Å².